The lowest BCUT2D eigenvalue weighted by Gasteiger charge is -2.08. The van der Waals surface area contributed by atoms with Crippen LogP contribution in [0.15, 0.2) is 72.4 Å². The molecule has 0 aliphatic rings. The van der Waals surface area contributed by atoms with E-state index in [9.17, 15) is 4.79 Å². The molecular formula is C20H16N6O. The molecule has 7 heteroatoms. The van der Waals surface area contributed by atoms with E-state index >= 15 is 0 Å². The van der Waals surface area contributed by atoms with Gasteiger partial charge >= 0.3 is 0 Å². The topological polar surface area (TPSA) is 85.1 Å². The third-order valence-electron chi connectivity index (χ3n) is 4.04. The number of amides is 1. The predicted octanol–water partition coefficient (Wildman–Crippen LogP) is 2.79. The second kappa shape index (κ2) is 7.17. The summed E-state index contributed by atoms with van der Waals surface area (Å²) in [4.78, 5) is 21.4. The summed E-state index contributed by atoms with van der Waals surface area (Å²) < 4.78 is 1.67. The van der Waals surface area contributed by atoms with Gasteiger partial charge in [-0.25, -0.2) is 10.4 Å². The van der Waals surface area contributed by atoms with Crippen molar-refractivity contribution >= 4 is 23.0 Å². The molecule has 4 rings (SSSR count). The van der Waals surface area contributed by atoms with E-state index in [0.717, 1.165) is 22.0 Å². The van der Waals surface area contributed by atoms with E-state index in [2.05, 4.69) is 25.6 Å². The number of carbonyl (C=O) groups excluding carboxylic acids is 1. The van der Waals surface area contributed by atoms with Crippen molar-refractivity contribution in [2.45, 2.75) is 0 Å². The molecule has 0 spiro atoms. The summed E-state index contributed by atoms with van der Waals surface area (Å²) in [5.74, 6) is -0.302. The van der Waals surface area contributed by atoms with Crippen LogP contribution in [0, 0.1) is 0 Å². The molecule has 0 saturated heterocycles. The summed E-state index contributed by atoms with van der Waals surface area (Å²) in [6.45, 7) is 0. The minimum absolute atomic E-state index is 0.302. The van der Waals surface area contributed by atoms with Gasteiger partial charge in [-0.05, 0) is 24.3 Å². The smallest absolute Gasteiger partial charge is 0.272 e. The highest BCUT2D eigenvalue weighted by atomic mass is 16.2. The van der Waals surface area contributed by atoms with Crippen molar-refractivity contribution in [2.75, 3.05) is 0 Å². The Morgan fingerprint density at radius 3 is 2.78 bits per heavy atom. The Morgan fingerprint density at radius 2 is 2.00 bits per heavy atom. The number of aromatic nitrogens is 4. The zero-order valence-electron chi connectivity index (χ0n) is 14.6. The Hall–Kier alpha value is -3.87. The number of fused-ring (bicyclic) bond motifs is 1. The van der Waals surface area contributed by atoms with E-state index in [4.69, 9.17) is 0 Å². The molecule has 0 unspecified atom stereocenters. The molecule has 0 radical (unpaired) electrons. The van der Waals surface area contributed by atoms with Gasteiger partial charge in [-0.3, -0.25) is 14.5 Å². The molecule has 1 N–H and O–H groups in total. The van der Waals surface area contributed by atoms with Gasteiger partial charge in [-0.2, -0.15) is 10.2 Å². The van der Waals surface area contributed by atoms with Crippen molar-refractivity contribution in [3.63, 3.8) is 0 Å². The summed E-state index contributed by atoms with van der Waals surface area (Å²) in [5, 5.41) is 8.86. The normalized spacial score (nSPS) is 11.1. The average Bonchev–Trinajstić information content (AvgIpc) is 3.12. The molecule has 3 aromatic heterocycles. The van der Waals surface area contributed by atoms with Crippen molar-refractivity contribution < 1.29 is 4.79 Å². The molecule has 0 saturated carbocycles. The van der Waals surface area contributed by atoms with Crippen LogP contribution in [0.1, 0.15) is 15.9 Å². The molecule has 0 aliphatic carbocycles. The fourth-order valence-corrected chi connectivity index (χ4v) is 2.77. The van der Waals surface area contributed by atoms with Crippen molar-refractivity contribution in [1.29, 1.82) is 0 Å². The summed E-state index contributed by atoms with van der Waals surface area (Å²) in [6, 6.07) is 13.0. The van der Waals surface area contributed by atoms with Crippen molar-refractivity contribution in [1.82, 2.24) is 25.2 Å². The molecule has 7 nitrogen and oxygen atoms in total. The highest BCUT2D eigenvalue weighted by Crippen LogP contribution is 2.24. The minimum atomic E-state index is -0.302. The average molecular weight is 356 g/mol. The number of nitrogens with zero attached hydrogens (tertiary/aromatic N) is 5. The largest absolute Gasteiger partial charge is 0.275 e. The molecular weight excluding hydrogens is 340 g/mol. The molecule has 0 bridgehead atoms. The Labute approximate surface area is 155 Å². The molecule has 1 aromatic carbocycles. The van der Waals surface area contributed by atoms with Crippen LogP contribution >= 0.6 is 0 Å². The van der Waals surface area contributed by atoms with Crippen LogP contribution in [0.25, 0.3) is 22.2 Å². The number of aryl methyl sites for hydroxylation is 1. The fraction of sp³-hybridized carbons (Fsp3) is 0.0500. The lowest BCUT2D eigenvalue weighted by molar-refractivity contribution is 0.0957. The monoisotopic (exact) mass is 356 g/mol. The molecule has 132 valence electrons. The van der Waals surface area contributed by atoms with Crippen LogP contribution < -0.4 is 5.43 Å². The summed E-state index contributed by atoms with van der Waals surface area (Å²) in [7, 11) is 1.82. The number of hydrazone groups is 1. The molecule has 0 fully saturated rings. The third-order valence-corrected chi connectivity index (χ3v) is 4.04. The number of pyridine rings is 2. The predicted molar refractivity (Wildman–Crippen MR) is 103 cm³/mol. The number of para-hydroxylation sites is 1. The Bertz CT molecular complexity index is 1130. The van der Waals surface area contributed by atoms with E-state index in [1.54, 1.807) is 41.8 Å². The Kier molecular flexibility index (Phi) is 4.40. The van der Waals surface area contributed by atoms with E-state index in [-0.39, 0.29) is 5.91 Å². The summed E-state index contributed by atoms with van der Waals surface area (Å²) >= 11 is 0. The van der Waals surface area contributed by atoms with Gasteiger partial charge in [-0.1, -0.05) is 18.2 Å². The first kappa shape index (κ1) is 16.6. The number of benzene rings is 1. The van der Waals surface area contributed by atoms with Crippen molar-refractivity contribution in [3.8, 4) is 11.3 Å². The van der Waals surface area contributed by atoms with Crippen LogP contribution in [0.3, 0.4) is 0 Å². The standard InChI is InChI=1S/C20H16N6O/c1-26-13-14(12-23-26)11-22-25-20(27)17-10-19(15-6-8-21-9-7-15)24-18-5-3-2-4-16(17)18/h2-13H,1H3,(H,25,27)/b22-11+. The maximum atomic E-state index is 12.8. The van der Waals surface area contributed by atoms with Gasteiger partial charge in [0.05, 0.1) is 29.2 Å². The van der Waals surface area contributed by atoms with Gasteiger partial charge < -0.3 is 0 Å². The van der Waals surface area contributed by atoms with Gasteiger partial charge in [0, 0.05) is 42.2 Å². The molecule has 0 atom stereocenters. The first-order valence-corrected chi connectivity index (χ1v) is 8.33. The lowest BCUT2D eigenvalue weighted by Crippen LogP contribution is -2.18. The van der Waals surface area contributed by atoms with E-state index in [0.29, 0.717) is 11.3 Å². The number of rotatable bonds is 4. The highest BCUT2D eigenvalue weighted by molar-refractivity contribution is 6.07. The first-order chi connectivity index (χ1) is 13.2. The molecule has 27 heavy (non-hydrogen) atoms. The summed E-state index contributed by atoms with van der Waals surface area (Å²) in [5.41, 5.74) is 6.23. The van der Waals surface area contributed by atoms with Crippen LogP contribution in [0.5, 0.6) is 0 Å². The molecule has 1 amide bonds. The third kappa shape index (κ3) is 3.57. The summed E-state index contributed by atoms with van der Waals surface area (Å²) in [6.07, 6.45) is 8.42. The number of hydrogen-bond donors (Lipinski definition) is 1. The van der Waals surface area contributed by atoms with Gasteiger partial charge in [0.25, 0.3) is 5.91 Å². The number of hydrogen-bond acceptors (Lipinski definition) is 5. The van der Waals surface area contributed by atoms with Crippen molar-refractivity contribution in [2.24, 2.45) is 12.1 Å². The van der Waals surface area contributed by atoms with Crippen LogP contribution in [0.2, 0.25) is 0 Å². The second-order valence-electron chi connectivity index (χ2n) is 5.95. The highest BCUT2D eigenvalue weighted by Gasteiger charge is 2.13. The maximum absolute atomic E-state index is 12.8. The molecule has 4 aromatic rings. The van der Waals surface area contributed by atoms with Gasteiger partial charge in [0.15, 0.2) is 0 Å². The Balaban J connectivity index is 1.69. The van der Waals surface area contributed by atoms with E-state index in [1.807, 2.05) is 43.4 Å². The fourth-order valence-electron chi connectivity index (χ4n) is 2.77. The number of nitrogens with one attached hydrogen (secondary N) is 1. The van der Waals surface area contributed by atoms with Crippen molar-refractivity contribution in [3.05, 3.63) is 78.4 Å². The quantitative estimate of drug-likeness (QED) is 0.450. The zero-order valence-corrected chi connectivity index (χ0v) is 14.6. The SMILES string of the molecule is Cn1cc(/C=N/NC(=O)c2cc(-c3ccncc3)nc3ccccc23)cn1. The zero-order chi connectivity index (χ0) is 18.6. The minimum Gasteiger partial charge on any atom is -0.275 e. The van der Waals surface area contributed by atoms with Gasteiger partial charge in [-0.15, -0.1) is 0 Å². The van der Waals surface area contributed by atoms with Gasteiger partial charge in [0.1, 0.15) is 0 Å². The van der Waals surface area contributed by atoms with Crippen LogP contribution in [-0.2, 0) is 7.05 Å². The second-order valence-corrected chi connectivity index (χ2v) is 5.95. The molecule has 3 heterocycles. The van der Waals surface area contributed by atoms with Crippen LogP contribution in [-0.4, -0.2) is 31.9 Å². The van der Waals surface area contributed by atoms with E-state index in [1.165, 1.54) is 0 Å². The van der Waals surface area contributed by atoms with Crippen LogP contribution in [0.4, 0.5) is 0 Å². The van der Waals surface area contributed by atoms with Gasteiger partial charge in [0.2, 0.25) is 0 Å². The number of carbonyl (C=O) groups is 1. The maximum Gasteiger partial charge on any atom is 0.272 e. The van der Waals surface area contributed by atoms with E-state index < -0.39 is 0 Å². The molecule has 0 aliphatic heterocycles. The first-order valence-electron chi connectivity index (χ1n) is 8.33. The Morgan fingerprint density at radius 1 is 1.19 bits per heavy atom. The lowest BCUT2D eigenvalue weighted by atomic mass is 10.0.